The van der Waals surface area contributed by atoms with Gasteiger partial charge in [0.05, 0.1) is 25.4 Å². The zero-order chi connectivity index (χ0) is 13.4. The summed E-state index contributed by atoms with van der Waals surface area (Å²) < 4.78 is 28.4. The molecule has 18 heavy (non-hydrogen) atoms. The summed E-state index contributed by atoms with van der Waals surface area (Å²) in [7, 11) is 1.57. The van der Waals surface area contributed by atoms with E-state index in [2.05, 4.69) is 0 Å². The quantitative estimate of drug-likeness (QED) is 0.717. The van der Waals surface area contributed by atoms with Gasteiger partial charge in [0, 0.05) is 7.11 Å². The number of aromatic carboxylic acids is 1. The molecule has 1 rings (SSSR count). The van der Waals surface area contributed by atoms with Crippen LogP contribution in [0, 0.1) is 5.82 Å². The lowest BCUT2D eigenvalue weighted by molar-refractivity contribution is 0.0537. The molecule has 0 aromatic heterocycles. The first-order chi connectivity index (χ1) is 8.65. The molecule has 0 spiro atoms. The van der Waals surface area contributed by atoms with Crippen LogP contribution in [0.1, 0.15) is 10.4 Å². The van der Waals surface area contributed by atoms with Crippen LogP contribution in [0.3, 0.4) is 0 Å². The number of carboxylic acid groups (broad SMARTS) is 1. The molecular formula is C12H15FO5. The third-order valence-electron chi connectivity index (χ3n) is 2.10. The maximum atomic E-state index is 13.4. The van der Waals surface area contributed by atoms with Crippen molar-refractivity contribution < 1.29 is 28.5 Å². The van der Waals surface area contributed by atoms with E-state index in [1.54, 1.807) is 7.11 Å². The van der Waals surface area contributed by atoms with Crippen molar-refractivity contribution in [2.75, 3.05) is 33.5 Å². The fraction of sp³-hybridized carbons (Fsp3) is 0.417. The van der Waals surface area contributed by atoms with Crippen molar-refractivity contribution in [2.24, 2.45) is 0 Å². The van der Waals surface area contributed by atoms with Crippen LogP contribution in [-0.4, -0.2) is 44.6 Å². The van der Waals surface area contributed by atoms with Crippen molar-refractivity contribution >= 4 is 5.97 Å². The standard InChI is InChI=1S/C12H15FO5/c1-16-4-5-17-6-7-18-11-3-2-9(12(14)15)8-10(11)13/h2-3,8H,4-7H2,1H3,(H,14,15). The number of carbonyl (C=O) groups is 1. The smallest absolute Gasteiger partial charge is 0.335 e. The van der Waals surface area contributed by atoms with Crippen LogP contribution in [0.2, 0.25) is 0 Å². The van der Waals surface area contributed by atoms with Gasteiger partial charge in [-0.05, 0) is 18.2 Å². The van der Waals surface area contributed by atoms with E-state index >= 15 is 0 Å². The molecule has 0 aliphatic heterocycles. The number of hydrogen-bond acceptors (Lipinski definition) is 4. The minimum Gasteiger partial charge on any atom is -0.488 e. The van der Waals surface area contributed by atoms with Crippen LogP contribution >= 0.6 is 0 Å². The molecule has 6 heteroatoms. The van der Waals surface area contributed by atoms with Gasteiger partial charge in [-0.15, -0.1) is 0 Å². The highest BCUT2D eigenvalue weighted by atomic mass is 19.1. The Morgan fingerprint density at radius 1 is 1.28 bits per heavy atom. The fourth-order valence-electron chi connectivity index (χ4n) is 1.21. The monoisotopic (exact) mass is 258 g/mol. The van der Waals surface area contributed by atoms with E-state index in [0.29, 0.717) is 19.8 Å². The Hall–Kier alpha value is -1.66. The van der Waals surface area contributed by atoms with E-state index in [-0.39, 0.29) is 17.9 Å². The van der Waals surface area contributed by atoms with Gasteiger partial charge in [0.25, 0.3) is 0 Å². The summed E-state index contributed by atoms with van der Waals surface area (Å²) in [6, 6.07) is 3.49. The Morgan fingerprint density at radius 2 is 2.00 bits per heavy atom. The number of rotatable bonds is 8. The van der Waals surface area contributed by atoms with E-state index < -0.39 is 11.8 Å². The van der Waals surface area contributed by atoms with Crippen molar-refractivity contribution in [3.8, 4) is 5.75 Å². The molecule has 0 heterocycles. The number of ether oxygens (including phenoxy) is 3. The lowest BCUT2D eigenvalue weighted by Crippen LogP contribution is -2.10. The van der Waals surface area contributed by atoms with E-state index in [0.717, 1.165) is 6.07 Å². The van der Waals surface area contributed by atoms with Crippen LogP contribution in [0.15, 0.2) is 18.2 Å². The second-order valence-corrected chi connectivity index (χ2v) is 3.40. The second-order valence-electron chi connectivity index (χ2n) is 3.40. The van der Waals surface area contributed by atoms with Crippen molar-refractivity contribution in [3.63, 3.8) is 0 Å². The molecule has 0 atom stereocenters. The first-order valence-electron chi connectivity index (χ1n) is 5.37. The molecule has 0 saturated carbocycles. The summed E-state index contributed by atoms with van der Waals surface area (Å²) in [5.41, 5.74) is -0.115. The van der Waals surface area contributed by atoms with Gasteiger partial charge in [0.1, 0.15) is 6.61 Å². The summed E-state index contributed by atoms with van der Waals surface area (Å²) in [6.07, 6.45) is 0. The SMILES string of the molecule is COCCOCCOc1ccc(C(=O)O)cc1F. The average molecular weight is 258 g/mol. The van der Waals surface area contributed by atoms with Crippen molar-refractivity contribution in [1.29, 1.82) is 0 Å². The van der Waals surface area contributed by atoms with Gasteiger partial charge in [-0.25, -0.2) is 9.18 Å². The highest BCUT2D eigenvalue weighted by molar-refractivity contribution is 5.87. The van der Waals surface area contributed by atoms with Crippen LogP contribution < -0.4 is 4.74 Å². The van der Waals surface area contributed by atoms with Crippen LogP contribution in [0.5, 0.6) is 5.75 Å². The normalized spacial score (nSPS) is 10.3. The number of benzene rings is 1. The van der Waals surface area contributed by atoms with E-state index in [1.807, 2.05) is 0 Å². The Balaban J connectivity index is 2.36. The van der Waals surface area contributed by atoms with E-state index in [4.69, 9.17) is 19.3 Å². The molecule has 0 saturated heterocycles. The maximum absolute atomic E-state index is 13.4. The first-order valence-corrected chi connectivity index (χ1v) is 5.37. The van der Waals surface area contributed by atoms with Gasteiger partial charge >= 0.3 is 5.97 Å². The fourth-order valence-corrected chi connectivity index (χ4v) is 1.21. The minimum atomic E-state index is -1.18. The zero-order valence-electron chi connectivity index (χ0n) is 10.0. The molecule has 0 aliphatic rings. The zero-order valence-corrected chi connectivity index (χ0v) is 10.0. The second kappa shape index (κ2) is 7.62. The molecule has 1 aromatic rings. The number of hydrogen-bond donors (Lipinski definition) is 1. The molecule has 0 aliphatic carbocycles. The van der Waals surface area contributed by atoms with Gasteiger partial charge in [0.15, 0.2) is 11.6 Å². The summed E-state index contributed by atoms with van der Waals surface area (Å²) >= 11 is 0. The van der Waals surface area contributed by atoms with Crippen molar-refractivity contribution in [1.82, 2.24) is 0 Å². The lowest BCUT2D eigenvalue weighted by Gasteiger charge is -2.08. The highest BCUT2D eigenvalue weighted by Gasteiger charge is 2.08. The van der Waals surface area contributed by atoms with E-state index in [1.165, 1.54) is 12.1 Å². The largest absolute Gasteiger partial charge is 0.488 e. The Morgan fingerprint density at radius 3 is 2.61 bits per heavy atom. The summed E-state index contributed by atoms with van der Waals surface area (Å²) in [5, 5.41) is 8.66. The predicted octanol–water partition coefficient (Wildman–Crippen LogP) is 1.57. The topological polar surface area (TPSA) is 65.0 Å². The summed E-state index contributed by atoms with van der Waals surface area (Å²) in [5.74, 6) is -1.87. The Bertz CT molecular complexity index is 394. The highest BCUT2D eigenvalue weighted by Crippen LogP contribution is 2.18. The van der Waals surface area contributed by atoms with Gasteiger partial charge in [0.2, 0.25) is 0 Å². The minimum absolute atomic E-state index is 0.00958. The van der Waals surface area contributed by atoms with Crippen LogP contribution in [0.25, 0.3) is 0 Å². The Labute approximate surface area is 104 Å². The van der Waals surface area contributed by atoms with Gasteiger partial charge in [-0.2, -0.15) is 0 Å². The lowest BCUT2D eigenvalue weighted by atomic mass is 10.2. The predicted molar refractivity (Wildman–Crippen MR) is 61.5 cm³/mol. The van der Waals surface area contributed by atoms with Gasteiger partial charge in [-0.1, -0.05) is 0 Å². The van der Waals surface area contributed by atoms with E-state index in [9.17, 15) is 9.18 Å². The Kier molecular flexibility index (Phi) is 6.10. The van der Waals surface area contributed by atoms with Crippen LogP contribution in [0.4, 0.5) is 4.39 Å². The van der Waals surface area contributed by atoms with Crippen molar-refractivity contribution in [2.45, 2.75) is 0 Å². The molecule has 0 radical (unpaired) electrons. The molecule has 1 aromatic carbocycles. The third-order valence-corrected chi connectivity index (χ3v) is 2.10. The van der Waals surface area contributed by atoms with Gasteiger partial charge < -0.3 is 19.3 Å². The average Bonchev–Trinajstić information content (AvgIpc) is 2.35. The maximum Gasteiger partial charge on any atom is 0.335 e. The third kappa shape index (κ3) is 4.68. The number of carboxylic acids is 1. The molecule has 0 fully saturated rings. The molecule has 5 nitrogen and oxygen atoms in total. The number of methoxy groups -OCH3 is 1. The van der Waals surface area contributed by atoms with Crippen LogP contribution in [-0.2, 0) is 9.47 Å². The molecular weight excluding hydrogens is 243 g/mol. The molecule has 0 unspecified atom stereocenters. The molecule has 0 amide bonds. The summed E-state index contributed by atoms with van der Waals surface area (Å²) in [4.78, 5) is 10.6. The molecule has 0 bridgehead atoms. The number of halogens is 1. The van der Waals surface area contributed by atoms with Crippen molar-refractivity contribution in [3.05, 3.63) is 29.6 Å². The summed E-state index contributed by atoms with van der Waals surface area (Å²) in [6.45, 7) is 1.43. The van der Waals surface area contributed by atoms with Gasteiger partial charge in [-0.3, -0.25) is 0 Å². The first kappa shape index (κ1) is 14.4. The molecule has 100 valence electrons. The molecule has 1 N–H and O–H groups in total.